The number of halogens is 2. The average Bonchev–Trinajstić information content (AvgIpc) is 2.34. The first kappa shape index (κ1) is 13.4. The molecule has 94 valence electrons. The first-order valence-corrected chi connectivity index (χ1v) is 6.98. The number of benzene rings is 2. The van der Waals surface area contributed by atoms with Crippen LogP contribution in [0.3, 0.4) is 0 Å². The Bertz CT molecular complexity index is 515. The lowest BCUT2D eigenvalue weighted by Gasteiger charge is -2.12. The fourth-order valence-electron chi connectivity index (χ4n) is 1.80. The van der Waals surface area contributed by atoms with Crippen molar-refractivity contribution in [2.75, 3.05) is 5.32 Å². The number of anilines is 1. The minimum absolute atomic E-state index is 0.755. The third-order valence-electron chi connectivity index (χ3n) is 2.87. The Morgan fingerprint density at radius 1 is 1.11 bits per heavy atom. The average molecular weight is 325 g/mol. The van der Waals surface area contributed by atoms with Gasteiger partial charge >= 0.3 is 0 Å². The highest BCUT2D eigenvalue weighted by Crippen LogP contribution is 2.23. The maximum Gasteiger partial charge on any atom is 0.0412 e. The zero-order chi connectivity index (χ0) is 13.1. The molecule has 2 rings (SSSR count). The molecular formula is C15H15BrClN. The lowest BCUT2D eigenvalue weighted by Crippen LogP contribution is -2.02. The molecule has 0 saturated carbocycles. The van der Waals surface area contributed by atoms with E-state index in [-0.39, 0.29) is 0 Å². The molecule has 0 fully saturated rings. The fourth-order valence-corrected chi connectivity index (χ4v) is 2.38. The Morgan fingerprint density at radius 2 is 1.89 bits per heavy atom. The van der Waals surface area contributed by atoms with E-state index >= 15 is 0 Å². The summed E-state index contributed by atoms with van der Waals surface area (Å²) >= 11 is 9.54. The monoisotopic (exact) mass is 323 g/mol. The van der Waals surface area contributed by atoms with Gasteiger partial charge in [-0.2, -0.15) is 0 Å². The van der Waals surface area contributed by atoms with Crippen LogP contribution in [-0.4, -0.2) is 0 Å². The van der Waals surface area contributed by atoms with Crippen molar-refractivity contribution >= 4 is 33.2 Å². The normalized spacial score (nSPS) is 10.4. The molecular weight excluding hydrogens is 310 g/mol. The smallest absolute Gasteiger partial charge is 0.0412 e. The van der Waals surface area contributed by atoms with Crippen LogP contribution in [0.25, 0.3) is 0 Å². The molecule has 18 heavy (non-hydrogen) atoms. The van der Waals surface area contributed by atoms with E-state index in [0.717, 1.165) is 21.6 Å². The van der Waals surface area contributed by atoms with Crippen molar-refractivity contribution in [1.82, 2.24) is 0 Å². The summed E-state index contributed by atoms with van der Waals surface area (Å²) in [5.74, 6) is 0. The van der Waals surface area contributed by atoms with E-state index in [1.807, 2.05) is 18.2 Å². The number of nitrogens with one attached hydrogen (secondary N) is 1. The summed E-state index contributed by atoms with van der Waals surface area (Å²) in [5, 5.41) is 4.21. The molecule has 0 atom stereocenters. The molecule has 2 aromatic carbocycles. The third-order valence-corrected chi connectivity index (χ3v) is 3.88. The Balaban J connectivity index is 2.16. The van der Waals surface area contributed by atoms with Gasteiger partial charge in [0.1, 0.15) is 0 Å². The molecule has 1 nitrogen and oxygen atoms in total. The van der Waals surface area contributed by atoms with Crippen LogP contribution < -0.4 is 5.32 Å². The number of hydrogen-bond acceptors (Lipinski definition) is 1. The van der Waals surface area contributed by atoms with Crippen molar-refractivity contribution in [3.05, 3.63) is 62.6 Å². The van der Waals surface area contributed by atoms with E-state index in [2.05, 4.69) is 53.3 Å². The zero-order valence-corrected chi connectivity index (χ0v) is 12.8. The van der Waals surface area contributed by atoms with Gasteiger partial charge in [0.25, 0.3) is 0 Å². The molecule has 0 unspecified atom stereocenters. The Hall–Kier alpha value is -0.990. The van der Waals surface area contributed by atoms with Gasteiger partial charge in [-0.3, -0.25) is 0 Å². The number of hydrogen-bond donors (Lipinski definition) is 1. The molecule has 0 aliphatic heterocycles. The van der Waals surface area contributed by atoms with Gasteiger partial charge < -0.3 is 5.32 Å². The van der Waals surface area contributed by atoms with Gasteiger partial charge in [0.15, 0.2) is 0 Å². The van der Waals surface area contributed by atoms with Crippen molar-refractivity contribution in [1.29, 1.82) is 0 Å². The van der Waals surface area contributed by atoms with Crippen LogP contribution in [0.4, 0.5) is 5.69 Å². The third kappa shape index (κ3) is 3.27. The second-order valence-corrected chi connectivity index (χ2v) is 5.70. The first-order chi connectivity index (χ1) is 8.56. The molecule has 2 aromatic rings. The quantitative estimate of drug-likeness (QED) is 0.804. The number of rotatable bonds is 3. The van der Waals surface area contributed by atoms with E-state index < -0.39 is 0 Å². The molecule has 0 bridgehead atoms. The van der Waals surface area contributed by atoms with Gasteiger partial charge in [-0.15, -0.1) is 0 Å². The summed E-state index contributed by atoms with van der Waals surface area (Å²) in [5.41, 5.74) is 4.83. The largest absolute Gasteiger partial charge is 0.381 e. The molecule has 0 aliphatic carbocycles. The van der Waals surface area contributed by atoms with Crippen LogP contribution in [0.2, 0.25) is 5.02 Å². The standard InChI is InChI=1S/C15H15BrClN/c1-10-3-4-11(2)15(7-10)18-9-12-8-13(17)5-6-14(12)16/h3-8,18H,9H2,1-2H3. The molecule has 0 amide bonds. The SMILES string of the molecule is Cc1ccc(C)c(NCc2cc(Cl)ccc2Br)c1. The highest BCUT2D eigenvalue weighted by molar-refractivity contribution is 9.10. The van der Waals surface area contributed by atoms with Gasteiger partial charge in [0.2, 0.25) is 0 Å². The predicted molar refractivity (Wildman–Crippen MR) is 82.4 cm³/mol. The molecule has 0 heterocycles. The van der Waals surface area contributed by atoms with Crippen molar-refractivity contribution in [3.63, 3.8) is 0 Å². The molecule has 0 radical (unpaired) electrons. The fraction of sp³-hybridized carbons (Fsp3) is 0.200. The van der Waals surface area contributed by atoms with Crippen LogP contribution >= 0.6 is 27.5 Å². The van der Waals surface area contributed by atoms with Gasteiger partial charge in [-0.05, 0) is 54.8 Å². The second kappa shape index (κ2) is 5.77. The van der Waals surface area contributed by atoms with Crippen molar-refractivity contribution < 1.29 is 0 Å². The maximum atomic E-state index is 6.01. The summed E-state index contributed by atoms with van der Waals surface area (Å²) in [4.78, 5) is 0. The van der Waals surface area contributed by atoms with Gasteiger partial charge in [-0.25, -0.2) is 0 Å². The maximum absolute atomic E-state index is 6.01. The molecule has 3 heteroatoms. The highest BCUT2D eigenvalue weighted by Gasteiger charge is 2.03. The van der Waals surface area contributed by atoms with Crippen molar-refractivity contribution in [2.24, 2.45) is 0 Å². The molecule has 0 aliphatic rings. The summed E-state index contributed by atoms with van der Waals surface area (Å²) in [6.07, 6.45) is 0. The van der Waals surface area contributed by atoms with Crippen molar-refractivity contribution in [3.8, 4) is 0 Å². The Morgan fingerprint density at radius 3 is 2.67 bits per heavy atom. The molecule has 0 saturated heterocycles. The summed E-state index contributed by atoms with van der Waals surface area (Å²) in [6, 6.07) is 12.2. The lowest BCUT2D eigenvalue weighted by molar-refractivity contribution is 1.13. The summed E-state index contributed by atoms with van der Waals surface area (Å²) in [7, 11) is 0. The summed E-state index contributed by atoms with van der Waals surface area (Å²) < 4.78 is 1.07. The van der Waals surface area contributed by atoms with Gasteiger partial charge in [0, 0.05) is 21.7 Å². The van der Waals surface area contributed by atoms with Crippen LogP contribution in [-0.2, 0) is 6.54 Å². The van der Waals surface area contributed by atoms with Crippen LogP contribution in [0.5, 0.6) is 0 Å². The van der Waals surface area contributed by atoms with Crippen LogP contribution in [0.15, 0.2) is 40.9 Å². The Labute approximate surface area is 121 Å². The predicted octanol–water partition coefficient (Wildman–Crippen LogP) is 5.33. The topological polar surface area (TPSA) is 12.0 Å². The first-order valence-electron chi connectivity index (χ1n) is 5.81. The zero-order valence-electron chi connectivity index (χ0n) is 10.4. The van der Waals surface area contributed by atoms with E-state index in [1.165, 1.54) is 16.8 Å². The molecule has 0 spiro atoms. The van der Waals surface area contributed by atoms with Gasteiger partial charge in [-0.1, -0.05) is 39.7 Å². The highest BCUT2D eigenvalue weighted by atomic mass is 79.9. The second-order valence-electron chi connectivity index (χ2n) is 4.41. The summed E-state index contributed by atoms with van der Waals surface area (Å²) in [6.45, 7) is 4.96. The van der Waals surface area contributed by atoms with E-state index in [0.29, 0.717) is 0 Å². The molecule has 1 N–H and O–H groups in total. The number of aryl methyl sites for hydroxylation is 2. The Kier molecular flexibility index (Phi) is 4.31. The van der Waals surface area contributed by atoms with Crippen molar-refractivity contribution in [2.45, 2.75) is 20.4 Å². The van der Waals surface area contributed by atoms with Crippen LogP contribution in [0.1, 0.15) is 16.7 Å². The van der Waals surface area contributed by atoms with Gasteiger partial charge in [0.05, 0.1) is 0 Å². The van der Waals surface area contributed by atoms with E-state index in [9.17, 15) is 0 Å². The van der Waals surface area contributed by atoms with E-state index in [4.69, 9.17) is 11.6 Å². The van der Waals surface area contributed by atoms with Crippen LogP contribution in [0, 0.1) is 13.8 Å². The lowest BCUT2D eigenvalue weighted by atomic mass is 10.1. The van der Waals surface area contributed by atoms with E-state index in [1.54, 1.807) is 0 Å². The minimum Gasteiger partial charge on any atom is -0.381 e. The minimum atomic E-state index is 0.755. The molecule has 0 aromatic heterocycles.